The molecule has 0 saturated carbocycles. The van der Waals surface area contributed by atoms with Crippen molar-refractivity contribution in [2.75, 3.05) is 5.32 Å². The van der Waals surface area contributed by atoms with Crippen molar-refractivity contribution in [1.82, 2.24) is 4.57 Å². The molecule has 1 amide bonds. The SMILES string of the molecule is Cc1cc(/C=C(\C#N)C(=O)Nc2ccc(F)cc2)c(C)n1-c1ccc(-c2ccccc2)cc1. The maximum atomic E-state index is 13.1. The molecule has 5 heteroatoms. The molecule has 4 rings (SSSR count). The molecule has 0 aliphatic heterocycles. The maximum absolute atomic E-state index is 13.1. The third-order valence-electron chi connectivity index (χ3n) is 5.47. The predicted molar refractivity (Wildman–Crippen MR) is 129 cm³/mol. The number of nitriles is 1. The molecule has 3 aromatic carbocycles. The van der Waals surface area contributed by atoms with E-state index in [1.807, 2.05) is 44.2 Å². The Balaban J connectivity index is 1.61. The second-order valence-corrected chi connectivity index (χ2v) is 7.71. The van der Waals surface area contributed by atoms with Crippen LogP contribution in [0.4, 0.5) is 10.1 Å². The highest BCUT2D eigenvalue weighted by molar-refractivity contribution is 6.09. The van der Waals surface area contributed by atoms with E-state index >= 15 is 0 Å². The summed E-state index contributed by atoms with van der Waals surface area (Å²) in [5.74, 6) is -0.936. The van der Waals surface area contributed by atoms with E-state index in [1.54, 1.807) is 6.08 Å². The maximum Gasteiger partial charge on any atom is 0.266 e. The quantitative estimate of drug-likeness (QED) is 0.289. The van der Waals surface area contributed by atoms with E-state index in [4.69, 9.17) is 0 Å². The Morgan fingerprint density at radius 1 is 0.939 bits per heavy atom. The average molecular weight is 436 g/mol. The number of halogens is 1. The van der Waals surface area contributed by atoms with Crippen LogP contribution in [0.5, 0.6) is 0 Å². The van der Waals surface area contributed by atoms with E-state index < -0.39 is 11.7 Å². The average Bonchev–Trinajstić information content (AvgIpc) is 3.12. The number of hydrogen-bond acceptors (Lipinski definition) is 2. The molecule has 4 nitrogen and oxygen atoms in total. The van der Waals surface area contributed by atoms with Gasteiger partial charge in [0.15, 0.2) is 0 Å². The predicted octanol–water partition coefficient (Wildman–Crippen LogP) is 6.45. The standard InChI is InChI=1S/C28H22FN3O/c1-19-16-23(17-24(18-30)28(33)31-26-12-10-25(29)11-13-26)20(2)32(19)27-14-8-22(9-15-27)21-6-4-3-5-7-21/h3-17H,1-2H3,(H,31,33)/b24-17+. The summed E-state index contributed by atoms with van der Waals surface area (Å²) in [7, 11) is 0. The van der Waals surface area contributed by atoms with E-state index in [1.165, 1.54) is 24.3 Å². The molecule has 0 radical (unpaired) electrons. The minimum Gasteiger partial charge on any atom is -0.321 e. The van der Waals surface area contributed by atoms with Crippen LogP contribution in [0.3, 0.4) is 0 Å². The lowest BCUT2D eigenvalue weighted by Gasteiger charge is -2.11. The number of hydrogen-bond donors (Lipinski definition) is 1. The van der Waals surface area contributed by atoms with Crippen LogP contribution >= 0.6 is 0 Å². The zero-order valence-electron chi connectivity index (χ0n) is 18.3. The number of aryl methyl sites for hydroxylation is 1. The lowest BCUT2D eigenvalue weighted by molar-refractivity contribution is -0.112. The van der Waals surface area contributed by atoms with Crippen molar-refractivity contribution in [3.8, 4) is 22.9 Å². The Labute approximate surface area is 192 Å². The van der Waals surface area contributed by atoms with Gasteiger partial charge in [-0.15, -0.1) is 0 Å². The second kappa shape index (κ2) is 9.37. The fraction of sp³-hybridized carbons (Fsp3) is 0.0714. The molecule has 162 valence electrons. The van der Waals surface area contributed by atoms with Gasteiger partial charge in [-0.05, 0) is 79.1 Å². The number of carbonyl (C=O) groups is 1. The summed E-state index contributed by atoms with van der Waals surface area (Å²) < 4.78 is 15.2. The first kappa shape index (κ1) is 21.8. The number of benzene rings is 3. The van der Waals surface area contributed by atoms with Crippen molar-refractivity contribution in [2.24, 2.45) is 0 Å². The molecule has 33 heavy (non-hydrogen) atoms. The third kappa shape index (κ3) is 4.76. The lowest BCUT2D eigenvalue weighted by atomic mass is 10.1. The first-order chi connectivity index (χ1) is 16.0. The Morgan fingerprint density at radius 3 is 2.21 bits per heavy atom. The molecular formula is C28H22FN3O. The van der Waals surface area contributed by atoms with Crippen molar-refractivity contribution in [2.45, 2.75) is 13.8 Å². The lowest BCUT2D eigenvalue weighted by Crippen LogP contribution is -2.13. The van der Waals surface area contributed by atoms with Gasteiger partial charge in [0.05, 0.1) is 0 Å². The highest BCUT2D eigenvalue weighted by Gasteiger charge is 2.14. The van der Waals surface area contributed by atoms with Crippen LogP contribution in [0, 0.1) is 31.0 Å². The van der Waals surface area contributed by atoms with Crippen LogP contribution < -0.4 is 5.32 Å². The monoisotopic (exact) mass is 435 g/mol. The molecule has 0 unspecified atom stereocenters. The van der Waals surface area contributed by atoms with Gasteiger partial charge >= 0.3 is 0 Å². The Morgan fingerprint density at radius 2 is 1.58 bits per heavy atom. The molecule has 0 bridgehead atoms. The number of amides is 1. The van der Waals surface area contributed by atoms with Crippen molar-refractivity contribution >= 4 is 17.7 Å². The molecule has 0 aliphatic rings. The van der Waals surface area contributed by atoms with Gasteiger partial charge in [0.25, 0.3) is 5.91 Å². The first-order valence-electron chi connectivity index (χ1n) is 10.5. The summed E-state index contributed by atoms with van der Waals surface area (Å²) in [6.45, 7) is 3.94. The number of nitrogens with zero attached hydrogens (tertiary/aromatic N) is 2. The molecular weight excluding hydrogens is 413 g/mol. The summed E-state index contributed by atoms with van der Waals surface area (Å²) in [4.78, 5) is 12.6. The van der Waals surface area contributed by atoms with Gasteiger partial charge in [0, 0.05) is 22.8 Å². The zero-order chi connectivity index (χ0) is 23.4. The summed E-state index contributed by atoms with van der Waals surface area (Å²) in [6, 6.07) is 27.8. The van der Waals surface area contributed by atoms with Crippen LogP contribution in [-0.2, 0) is 4.79 Å². The van der Waals surface area contributed by atoms with Gasteiger partial charge in [-0.3, -0.25) is 4.79 Å². The third-order valence-corrected chi connectivity index (χ3v) is 5.47. The van der Waals surface area contributed by atoms with E-state index in [-0.39, 0.29) is 5.57 Å². The fourth-order valence-corrected chi connectivity index (χ4v) is 3.80. The molecule has 0 saturated heterocycles. The minimum absolute atomic E-state index is 0.0287. The summed E-state index contributed by atoms with van der Waals surface area (Å²) >= 11 is 0. The molecule has 0 fully saturated rings. The van der Waals surface area contributed by atoms with Gasteiger partial charge in [-0.2, -0.15) is 5.26 Å². The largest absolute Gasteiger partial charge is 0.321 e. The van der Waals surface area contributed by atoms with Gasteiger partial charge in [0.2, 0.25) is 0 Å². The Kier molecular flexibility index (Phi) is 6.19. The minimum atomic E-state index is -0.541. The van der Waals surface area contributed by atoms with Gasteiger partial charge in [-0.1, -0.05) is 42.5 Å². The van der Waals surface area contributed by atoms with Crippen molar-refractivity contribution < 1.29 is 9.18 Å². The van der Waals surface area contributed by atoms with Crippen LogP contribution in [0.25, 0.3) is 22.9 Å². The van der Waals surface area contributed by atoms with Crippen LogP contribution in [0.15, 0.2) is 90.5 Å². The van der Waals surface area contributed by atoms with E-state index in [0.29, 0.717) is 5.69 Å². The number of rotatable bonds is 5. The fourth-order valence-electron chi connectivity index (χ4n) is 3.80. The Hall–Kier alpha value is -4.43. The summed E-state index contributed by atoms with van der Waals surface area (Å²) in [5.41, 5.74) is 6.37. The van der Waals surface area contributed by atoms with Crippen molar-refractivity contribution in [1.29, 1.82) is 5.26 Å². The molecule has 1 N–H and O–H groups in total. The molecule has 1 aromatic heterocycles. The molecule has 1 heterocycles. The van der Waals surface area contributed by atoms with Crippen molar-refractivity contribution in [3.63, 3.8) is 0 Å². The molecule has 4 aromatic rings. The number of nitrogens with one attached hydrogen (secondary N) is 1. The number of carbonyl (C=O) groups excluding carboxylic acids is 1. The van der Waals surface area contributed by atoms with E-state index in [2.05, 4.69) is 46.3 Å². The normalized spacial score (nSPS) is 11.2. The highest BCUT2D eigenvalue weighted by Crippen LogP contribution is 2.26. The highest BCUT2D eigenvalue weighted by atomic mass is 19.1. The van der Waals surface area contributed by atoms with Crippen LogP contribution in [0.2, 0.25) is 0 Å². The Bertz CT molecular complexity index is 1360. The smallest absolute Gasteiger partial charge is 0.266 e. The summed E-state index contributed by atoms with van der Waals surface area (Å²) in [5, 5.41) is 12.2. The summed E-state index contributed by atoms with van der Waals surface area (Å²) in [6.07, 6.45) is 1.58. The molecule has 0 aliphatic carbocycles. The zero-order valence-corrected chi connectivity index (χ0v) is 18.3. The van der Waals surface area contributed by atoms with Gasteiger partial charge < -0.3 is 9.88 Å². The van der Waals surface area contributed by atoms with E-state index in [0.717, 1.165) is 33.8 Å². The second-order valence-electron chi connectivity index (χ2n) is 7.71. The first-order valence-corrected chi connectivity index (χ1v) is 10.5. The number of aromatic nitrogens is 1. The molecule has 0 spiro atoms. The van der Waals surface area contributed by atoms with Crippen LogP contribution in [-0.4, -0.2) is 10.5 Å². The van der Waals surface area contributed by atoms with Gasteiger partial charge in [0.1, 0.15) is 17.5 Å². The number of anilines is 1. The van der Waals surface area contributed by atoms with Crippen LogP contribution in [0.1, 0.15) is 17.0 Å². The van der Waals surface area contributed by atoms with E-state index in [9.17, 15) is 14.4 Å². The molecule has 0 atom stereocenters. The van der Waals surface area contributed by atoms with Gasteiger partial charge in [-0.25, -0.2) is 4.39 Å². The topological polar surface area (TPSA) is 57.8 Å². The van der Waals surface area contributed by atoms with Crippen molar-refractivity contribution in [3.05, 3.63) is 113 Å².